The highest BCUT2D eigenvalue weighted by Gasteiger charge is 2.38. The molecule has 5 rings (SSSR count). The van der Waals surface area contributed by atoms with E-state index in [4.69, 9.17) is 9.73 Å². The summed E-state index contributed by atoms with van der Waals surface area (Å²) in [4.78, 5) is 24.5. The van der Waals surface area contributed by atoms with Crippen LogP contribution in [0, 0.1) is 5.82 Å². The summed E-state index contributed by atoms with van der Waals surface area (Å²) in [7, 11) is -3.50. The number of carbonyl (C=O) groups excluding carboxylic acids is 1. The van der Waals surface area contributed by atoms with E-state index in [1.165, 1.54) is 30.5 Å². The number of amides is 1. The Hall–Kier alpha value is -2.82. The van der Waals surface area contributed by atoms with Gasteiger partial charge in [-0.2, -0.15) is 4.99 Å². The Morgan fingerprint density at radius 3 is 2.46 bits per heavy atom. The van der Waals surface area contributed by atoms with Crippen LogP contribution in [-0.4, -0.2) is 92.7 Å². The van der Waals surface area contributed by atoms with E-state index in [0.717, 1.165) is 69.6 Å². The van der Waals surface area contributed by atoms with Gasteiger partial charge in [0, 0.05) is 50.6 Å². The Kier molecular flexibility index (Phi) is 7.33. The standard InChI is InChI=1S/C26H36FN5O4S/c1-3-18-17-36-26(31-11-4-5-12-31)29-24(18)30-13-8-19(9-14-30)32-15-10-23(25(32)33)28-22-7-6-20(16-21(22)27)37(2,34)35/h6-7,16,19,23,28H,3-5,8-15,17H2,1-2H3. The Labute approximate surface area is 218 Å². The van der Waals surface area contributed by atoms with Gasteiger partial charge in [0.15, 0.2) is 9.84 Å². The topological polar surface area (TPSA) is 94.5 Å². The minimum atomic E-state index is -3.50. The molecule has 0 aliphatic carbocycles. The van der Waals surface area contributed by atoms with E-state index in [-0.39, 0.29) is 22.5 Å². The quantitative estimate of drug-likeness (QED) is 0.601. The highest BCUT2D eigenvalue weighted by molar-refractivity contribution is 7.90. The summed E-state index contributed by atoms with van der Waals surface area (Å²) in [5, 5.41) is 3.00. The number of rotatable bonds is 6. The first kappa shape index (κ1) is 25.8. The number of benzene rings is 1. The predicted molar refractivity (Wildman–Crippen MR) is 139 cm³/mol. The maximum absolute atomic E-state index is 14.5. The lowest BCUT2D eigenvalue weighted by Gasteiger charge is -2.39. The number of halogens is 1. The number of carbonyl (C=O) groups is 1. The molecule has 1 unspecified atom stereocenters. The molecule has 0 bridgehead atoms. The molecule has 11 heteroatoms. The zero-order valence-corrected chi connectivity index (χ0v) is 22.4. The van der Waals surface area contributed by atoms with Gasteiger partial charge in [0.05, 0.1) is 10.6 Å². The number of piperidine rings is 1. The zero-order chi connectivity index (χ0) is 26.2. The largest absolute Gasteiger partial charge is 0.460 e. The summed E-state index contributed by atoms with van der Waals surface area (Å²) in [6.45, 7) is 6.98. The lowest BCUT2D eigenvalue weighted by Crippen LogP contribution is -2.47. The van der Waals surface area contributed by atoms with Gasteiger partial charge < -0.3 is 24.8 Å². The smallest absolute Gasteiger partial charge is 0.294 e. The van der Waals surface area contributed by atoms with Crippen molar-refractivity contribution in [3.8, 4) is 0 Å². The number of amidine groups is 1. The molecular formula is C26H36FN5O4S. The highest BCUT2D eigenvalue weighted by Crippen LogP contribution is 2.30. The predicted octanol–water partition coefficient (Wildman–Crippen LogP) is 2.81. The molecule has 3 saturated heterocycles. The maximum Gasteiger partial charge on any atom is 0.294 e. The summed E-state index contributed by atoms with van der Waals surface area (Å²) in [6, 6.07) is 4.12. The van der Waals surface area contributed by atoms with Crippen molar-refractivity contribution < 1.29 is 22.3 Å². The third-order valence-electron chi connectivity index (χ3n) is 7.84. The average Bonchev–Trinajstić information content (AvgIpc) is 3.55. The zero-order valence-electron chi connectivity index (χ0n) is 21.6. The molecular weight excluding hydrogens is 497 g/mol. The Morgan fingerprint density at radius 1 is 1.08 bits per heavy atom. The van der Waals surface area contributed by atoms with Gasteiger partial charge in [0.2, 0.25) is 5.91 Å². The Morgan fingerprint density at radius 2 is 1.81 bits per heavy atom. The van der Waals surface area contributed by atoms with Gasteiger partial charge in [-0.05, 0) is 56.7 Å². The van der Waals surface area contributed by atoms with Crippen molar-refractivity contribution in [2.24, 2.45) is 4.99 Å². The van der Waals surface area contributed by atoms with Gasteiger partial charge in [-0.25, -0.2) is 12.8 Å². The van der Waals surface area contributed by atoms with E-state index < -0.39 is 21.7 Å². The Bertz CT molecular complexity index is 1200. The molecule has 4 aliphatic heterocycles. The first-order valence-corrected chi connectivity index (χ1v) is 15.1. The third kappa shape index (κ3) is 5.42. The first-order chi connectivity index (χ1) is 17.7. The van der Waals surface area contributed by atoms with Gasteiger partial charge in [0.1, 0.15) is 24.3 Å². The molecule has 1 atom stereocenters. The second-order valence-electron chi connectivity index (χ2n) is 10.3. The number of nitrogens with zero attached hydrogens (tertiary/aromatic N) is 4. The molecule has 0 saturated carbocycles. The fourth-order valence-corrected chi connectivity index (χ4v) is 6.29. The molecule has 4 heterocycles. The van der Waals surface area contributed by atoms with Crippen molar-refractivity contribution in [1.29, 1.82) is 0 Å². The van der Waals surface area contributed by atoms with Crippen molar-refractivity contribution >= 4 is 27.5 Å². The Balaban J connectivity index is 1.20. The van der Waals surface area contributed by atoms with E-state index in [1.54, 1.807) is 0 Å². The number of anilines is 1. The molecule has 4 aliphatic rings. The fourth-order valence-electron chi connectivity index (χ4n) is 5.66. The van der Waals surface area contributed by atoms with Crippen molar-refractivity contribution in [1.82, 2.24) is 14.7 Å². The van der Waals surface area contributed by atoms with Crippen LogP contribution >= 0.6 is 0 Å². The summed E-state index contributed by atoms with van der Waals surface area (Å²) >= 11 is 0. The van der Waals surface area contributed by atoms with Crippen molar-refractivity contribution in [3.63, 3.8) is 0 Å². The summed E-state index contributed by atoms with van der Waals surface area (Å²) in [6.07, 6.45) is 6.57. The van der Waals surface area contributed by atoms with Crippen LogP contribution in [0.15, 0.2) is 39.5 Å². The average molecular weight is 534 g/mol. The van der Waals surface area contributed by atoms with Crippen LogP contribution in [0.4, 0.5) is 10.1 Å². The van der Waals surface area contributed by atoms with Crippen LogP contribution in [0.5, 0.6) is 0 Å². The van der Waals surface area contributed by atoms with E-state index in [1.807, 2.05) is 4.90 Å². The number of aliphatic imine (C=N–C) groups is 1. The van der Waals surface area contributed by atoms with Crippen LogP contribution in [-0.2, 0) is 19.4 Å². The molecule has 1 amide bonds. The third-order valence-corrected chi connectivity index (χ3v) is 8.95. The number of likely N-dealkylation sites (tertiary alicyclic amines) is 3. The molecule has 1 aromatic rings. The van der Waals surface area contributed by atoms with E-state index in [0.29, 0.717) is 19.6 Å². The van der Waals surface area contributed by atoms with Crippen LogP contribution in [0.1, 0.15) is 45.4 Å². The number of hydrogen-bond acceptors (Lipinski definition) is 8. The summed E-state index contributed by atoms with van der Waals surface area (Å²) < 4.78 is 43.9. The van der Waals surface area contributed by atoms with Crippen LogP contribution in [0.2, 0.25) is 0 Å². The molecule has 9 nitrogen and oxygen atoms in total. The molecule has 0 radical (unpaired) electrons. The number of ether oxygens (including phenoxy) is 1. The SMILES string of the molecule is CCC1=C(N2CCC(N3CCC(Nc4ccc(S(C)(=O)=O)cc4F)C3=O)CC2)N=C(N2CCCC2)OC1. The minimum Gasteiger partial charge on any atom is -0.460 e. The molecule has 37 heavy (non-hydrogen) atoms. The van der Waals surface area contributed by atoms with Crippen molar-refractivity contribution in [2.45, 2.75) is 62.4 Å². The maximum atomic E-state index is 14.5. The molecule has 1 aromatic carbocycles. The number of sulfone groups is 1. The lowest BCUT2D eigenvalue weighted by molar-refractivity contribution is -0.131. The molecule has 1 N–H and O–H groups in total. The van der Waals surface area contributed by atoms with Crippen LogP contribution in [0.3, 0.4) is 0 Å². The van der Waals surface area contributed by atoms with Crippen LogP contribution < -0.4 is 5.32 Å². The number of hydrogen-bond donors (Lipinski definition) is 1. The second kappa shape index (κ2) is 10.5. The number of nitrogens with one attached hydrogen (secondary N) is 1. The molecule has 3 fully saturated rings. The second-order valence-corrected chi connectivity index (χ2v) is 12.3. The van der Waals surface area contributed by atoms with E-state index >= 15 is 0 Å². The van der Waals surface area contributed by atoms with Gasteiger partial charge in [-0.15, -0.1) is 0 Å². The van der Waals surface area contributed by atoms with Gasteiger partial charge >= 0.3 is 0 Å². The van der Waals surface area contributed by atoms with Gasteiger partial charge in [0.25, 0.3) is 6.02 Å². The van der Waals surface area contributed by atoms with Crippen molar-refractivity contribution in [3.05, 3.63) is 35.4 Å². The molecule has 202 valence electrons. The van der Waals surface area contributed by atoms with Crippen LogP contribution in [0.25, 0.3) is 0 Å². The summed E-state index contributed by atoms with van der Waals surface area (Å²) in [5.41, 5.74) is 1.36. The monoisotopic (exact) mass is 533 g/mol. The molecule has 0 aromatic heterocycles. The normalized spacial score (nSPS) is 23.5. The van der Waals surface area contributed by atoms with E-state index in [2.05, 4.69) is 22.0 Å². The van der Waals surface area contributed by atoms with Gasteiger partial charge in [-0.3, -0.25) is 4.79 Å². The lowest BCUT2D eigenvalue weighted by atomic mass is 10.0. The fraction of sp³-hybridized carbons (Fsp3) is 0.615. The minimum absolute atomic E-state index is 0.0288. The first-order valence-electron chi connectivity index (χ1n) is 13.2. The summed E-state index contributed by atoms with van der Waals surface area (Å²) in [5.74, 6) is 0.334. The molecule has 0 spiro atoms. The van der Waals surface area contributed by atoms with Crippen molar-refractivity contribution in [2.75, 3.05) is 50.9 Å². The highest BCUT2D eigenvalue weighted by atomic mass is 32.2. The van der Waals surface area contributed by atoms with Gasteiger partial charge in [-0.1, -0.05) is 6.92 Å². The van der Waals surface area contributed by atoms with E-state index in [9.17, 15) is 17.6 Å².